The number of aromatic nitrogens is 2. The molecular formula is C5H7N2O+. The van der Waals surface area contributed by atoms with Gasteiger partial charge in [-0.15, -0.1) is 0 Å². The Morgan fingerprint density at radius 3 is 2.75 bits per heavy atom. The molecule has 1 aromatic heterocycles. The topological polar surface area (TPSA) is 25.9 Å². The third-order valence-electron chi connectivity index (χ3n) is 0.911. The fraction of sp³-hybridized carbons (Fsp3) is 0.200. The van der Waals surface area contributed by atoms with Gasteiger partial charge in [0.25, 0.3) is 6.33 Å². The van der Waals surface area contributed by atoms with Gasteiger partial charge in [0, 0.05) is 0 Å². The zero-order chi connectivity index (χ0) is 5.98. The number of hydrogen-bond acceptors (Lipinski definition) is 1. The van der Waals surface area contributed by atoms with Gasteiger partial charge in [-0.25, -0.2) is 4.57 Å². The van der Waals surface area contributed by atoms with Crippen LogP contribution in [0.5, 0.6) is 0 Å². The fourth-order valence-electron chi connectivity index (χ4n) is 0.532. The van der Waals surface area contributed by atoms with Gasteiger partial charge in [0.05, 0.1) is 7.05 Å². The molecule has 0 bridgehead atoms. The first-order chi connectivity index (χ1) is 3.83. The molecule has 1 aromatic rings. The number of carbonyl (C=O) groups is 1. The van der Waals surface area contributed by atoms with Crippen molar-refractivity contribution in [3.8, 4) is 0 Å². The number of hydrogen-bond donors (Lipinski definition) is 0. The Morgan fingerprint density at radius 2 is 2.50 bits per heavy atom. The molecule has 1 rings (SSSR count). The molecule has 0 amide bonds. The maximum Gasteiger partial charge on any atom is 0.301 e. The van der Waals surface area contributed by atoms with E-state index in [-0.39, 0.29) is 0 Å². The summed E-state index contributed by atoms with van der Waals surface area (Å²) in [5.74, 6) is 0. The molecule has 0 aromatic carbocycles. The van der Waals surface area contributed by atoms with E-state index in [2.05, 4.69) is 0 Å². The lowest BCUT2D eigenvalue weighted by Gasteiger charge is -1.71. The number of aryl methyl sites for hydroxylation is 1. The van der Waals surface area contributed by atoms with Gasteiger partial charge in [0.15, 0.2) is 0 Å². The van der Waals surface area contributed by atoms with Crippen molar-refractivity contribution in [2.75, 3.05) is 0 Å². The molecule has 0 aliphatic carbocycles. The number of carbonyl (C=O) groups excluding carboxylic acids is 1. The van der Waals surface area contributed by atoms with Crippen molar-refractivity contribution in [2.24, 2.45) is 7.05 Å². The molecule has 0 N–H and O–H groups in total. The predicted molar refractivity (Wildman–Crippen MR) is 27.8 cm³/mol. The highest BCUT2D eigenvalue weighted by atomic mass is 16.1. The maximum absolute atomic E-state index is 9.97. The van der Waals surface area contributed by atoms with E-state index in [0.717, 1.165) is 6.41 Å². The fourth-order valence-corrected chi connectivity index (χ4v) is 0.532. The predicted octanol–water partition coefficient (Wildman–Crippen LogP) is -0.649. The van der Waals surface area contributed by atoms with Gasteiger partial charge in [-0.2, -0.15) is 4.57 Å². The lowest BCUT2D eigenvalue weighted by Crippen LogP contribution is -2.23. The van der Waals surface area contributed by atoms with E-state index in [1.165, 1.54) is 4.57 Å². The van der Waals surface area contributed by atoms with Crippen LogP contribution in [0, 0.1) is 0 Å². The minimum atomic E-state index is 0.750. The average molecular weight is 111 g/mol. The second kappa shape index (κ2) is 1.78. The third-order valence-corrected chi connectivity index (χ3v) is 0.911. The Balaban J connectivity index is 3.00. The van der Waals surface area contributed by atoms with Gasteiger partial charge in [0.1, 0.15) is 12.4 Å². The molecule has 0 aliphatic rings. The zero-order valence-electron chi connectivity index (χ0n) is 4.61. The molecule has 42 valence electrons. The summed E-state index contributed by atoms with van der Waals surface area (Å²) < 4.78 is 3.24. The minimum absolute atomic E-state index is 0.750. The normalized spacial score (nSPS) is 9.12. The standard InChI is InChI=1S/C5H7N2O/c1-6-2-3-7(4-6)5-8/h2-5H,1H3/q+1. The molecule has 1 heterocycles. The Kier molecular flexibility index (Phi) is 1.12. The van der Waals surface area contributed by atoms with Crippen LogP contribution in [0.1, 0.15) is 0 Å². The van der Waals surface area contributed by atoms with Crippen molar-refractivity contribution in [2.45, 2.75) is 0 Å². The summed E-state index contributed by atoms with van der Waals surface area (Å²) in [6, 6.07) is 0. The van der Waals surface area contributed by atoms with Gasteiger partial charge in [-0.05, 0) is 0 Å². The summed E-state index contributed by atoms with van der Waals surface area (Å²) in [5.41, 5.74) is 0. The van der Waals surface area contributed by atoms with Crippen LogP contribution in [0.4, 0.5) is 0 Å². The van der Waals surface area contributed by atoms with Crippen molar-refractivity contribution in [1.82, 2.24) is 4.57 Å². The van der Waals surface area contributed by atoms with Crippen LogP contribution in [0.25, 0.3) is 0 Å². The largest absolute Gasteiger partial charge is 0.301 e. The molecule has 0 unspecified atom stereocenters. The first-order valence-electron chi connectivity index (χ1n) is 2.31. The number of nitrogens with zero attached hydrogens (tertiary/aromatic N) is 2. The zero-order valence-corrected chi connectivity index (χ0v) is 4.61. The first kappa shape index (κ1) is 5.03. The van der Waals surface area contributed by atoms with Gasteiger partial charge >= 0.3 is 6.41 Å². The Hall–Kier alpha value is -1.12. The highest BCUT2D eigenvalue weighted by Crippen LogP contribution is 1.72. The van der Waals surface area contributed by atoms with Crippen molar-refractivity contribution in [3.05, 3.63) is 18.7 Å². The van der Waals surface area contributed by atoms with Crippen LogP contribution >= 0.6 is 0 Å². The molecule has 0 atom stereocenters. The summed E-state index contributed by atoms with van der Waals surface area (Å²) in [6.07, 6.45) is 5.92. The molecule has 3 nitrogen and oxygen atoms in total. The van der Waals surface area contributed by atoms with Crippen molar-refractivity contribution in [3.63, 3.8) is 0 Å². The number of imidazole rings is 1. The molecule has 0 saturated carbocycles. The number of rotatable bonds is 1. The van der Waals surface area contributed by atoms with E-state index in [0.29, 0.717) is 0 Å². The average Bonchev–Trinajstić information content (AvgIpc) is 2.14. The minimum Gasteiger partial charge on any atom is -0.250 e. The van der Waals surface area contributed by atoms with Gasteiger partial charge in [0.2, 0.25) is 0 Å². The van der Waals surface area contributed by atoms with E-state index < -0.39 is 0 Å². The second-order valence-electron chi connectivity index (χ2n) is 1.63. The highest BCUT2D eigenvalue weighted by molar-refractivity contribution is 5.50. The summed E-state index contributed by atoms with van der Waals surface area (Å²) in [5, 5.41) is 0. The summed E-state index contributed by atoms with van der Waals surface area (Å²) in [7, 11) is 1.86. The highest BCUT2D eigenvalue weighted by Gasteiger charge is 1.93. The Labute approximate surface area is 47.2 Å². The van der Waals surface area contributed by atoms with E-state index in [9.17, 15) is 4.79 Å². The second-order valence-corrected chi connectivity index (χ2v) is 1.63. The molecule has 0 radical (unpaired) electrons. The van der Waals surface area contributed by atoms with Gasteiger partial charge < -0.3 is 0 Å². The third kappa shape index (κ3) is 0.753. The lowest BCUT2D eigenvalue weighted by molar-refractivity contribution is -0.670. The van der Waals surface area contributed by atoms with Crippen molar-refractivity contribution >= 4 is 6.41 Å². The van der Waals surface area contributed by atoms with Crippen LogP contribution in [-0.2, 0) is 11.8 Å². The molecular weight excluding hydrogens is 104 g/mol. The molecule has 0 aliphatic heterocycles. The summed E-state index contributed by atoms with van der Waals surface area (Å²) in [4.78, 5) is 9.97. The van der Waals surface area contributed by atoms with E-state index >= 15 is 0 Å². The molecule has 0 spiro atoms. The van der Waals surface area contributed by atoms with E-state index in [1.807, 2.05) is 7.05 Å². The van der Waals surface area contributed by atoms with Crippen molar-refractivity contribution < 1.29 is 9.36 Å². The summed E-state index contributed by atoms with van der Waals surface area (Å²) >= 11 is 0. The van der Waals surface area contributed by atoms with Crippen LogP contribution in [0.2, 0.25) is 0 Å². The maximum atomic E-state index is 9.97. The van der Waals surface area contributed by atoms with Gasteiger partial charge in [-0.1, -0.05) is 0 Å². The first-order valence-corrected chi connectivity index (χ1v) is 2.31. The smallest absolute Gasteiger partial charge is 0.250 e. The van der Waals surface area contributed by atoms with Crippen LogP contribution in [-0.4, -0.2) is 11.0 Å². The molecule has 3 heteroatoms. The molecule has 8 heavy (non-hydrogen) atoms. The molecule has 0 saturated heterocycles. The SMILES string of the molecule is C[n+]1ccn(C=O)c1. The molecule has 0 fully saturated rings. The van der Waals surface area contributed by atoms with Crippen LogP contribution in [0.15, 0.2) is 18.7 Å². The lowest BCUT2D eigenvalue weighted by atomic mass is 10.9. The van der Waals surface area contributed by atoms with Crippen LogP contribution < -0.4 is 4.57 Å². The van der Waals surface area contributed by atoms with Gasteiger partial charge in [-0.3, -0.25) is 4.79 Å². The van der Waals surface area contributed by atoms with Crippen molar-refractivity contribution in [1.29, 1.82) is 0 Å². The Bertz CT molecular complexity index is 192. The summed E-state index contributed by atoms with van der Waals surface area (Å²) in [6.45, 7) is 0. The van der Waals surface area contributed by atoms with Crippen LogP contribution in [0.3, 0.4) is 0 Å². The quantitative estimate of drug-likeness (QED) is 0.349. The monoisotopic (exact) mass is 111 g/mol. The van der Waals surface area contributed by atoms with E-state index in [1.54, 1.807) is 23.3 Å². The Morgan fingerprint density at radius 1 is 1.75 bits per heavy atom. The van der Waals surface area contributed by atoms with E-state index in [4.69, 9.17) is 0 Å².